The first-order valence-corrected chi connectivity index (χ1v) is 2.32. The molecule has 0 aliphatic heterocycles. The average Bonchev–Trinajstić information content (AvgIpc) is 1.65. The Balaban J connectivity index is 3.94. The Morgan fingerprint density at radius 1 is 1.62 bits per heavy atom. The Hall–Kier alpha value is -0.850. The summed E-state index contributed by atoms with van der Waals surface area (Å²) in [6.45, 7) is 8.43. The molecule has 0 heterocycles. The Kier molecular flexibility index (Phi) is 2.85. The van der Waals surface area contributed by atoms with Gasteiger partial charge in [0, 0.05) is 0 Å². The van der Waals surface area contributed by atoms with Crippen molar-refractivity contribution in [3.05, 3.63) is 36.7 Å². The lowest BCUT2D eigenvalue weighted by molar-refractivity contribution is 0.666. The van der Waals surface area contributed by atoms with Crippen LogP contribution in [-0.2, 0) is 0 Å². The van der Waals surface area contributed by atoms with Crippen molar-refractivity contribution >= 4 is 0 Å². The standard InChI is InChI=1S/C7H9F/c1-4-7(8)5-6(2)3/h4-5H,1-2H2,3H3/b7-5+. The van der Waals surface area contributed by atoms with Crippen molar-refractivity contribution in [2.24, 2.45) is 0 Å². The molecule has 0 rings (SSSR count). The van der Waals surface area contributed by atoms with Crippen molar-refractivity contribution < 1.29 is 4.39 Å². The molecule has 8 heavy (non-hydrogen) atoms. The van der Waals surface area contributed by atoms with Gasteiger partial charge >= 0.3 is 0 Å². The van der Waals surface area contributed by atoms with Crippen LogP contribution in [0.15, 0.2) is 36.7 Å². The largest absolute Gasteiger partial charge is 0.207 e. The van der Waals surface area contributed by atoms with Gasteiger partial charge in [-0.3, -0.25) is 0 Å². The predicted molar refractivity (Wildman–Crippen MR) is 34.2 cm³/mol. The van der Waals surface area contributed by atoms with Crippen LogP contribution in [0.25, 0.3) is 0 Å². The summed E-state index contributed by atoms with van der Waals surface area (Å²) in [6.07, 6.45) is 2.47. The Labute approximate surface area is 49.0 Å². The highest BCUT2D eigenvalue weighted by Gasteiger charge is 1.81. The van der Waals surface area contributed by atoms with Crippen LogP contribution in [0.4, 0.5) is 4.39 Å². The van der Waals surface area contributed by atoms with E-state index in [2.05, 4.69) is 13.2 Å². The minimum atomic E-state index is -0.336. The van der Waals surface area contributed by atoms with Crippen LogP contribution >= 0.6 is 0 Å². The van der Waals surface area contributed by atoms with Gasteiger partial charge in [0.2, 0.25) is 0 Å². The Bertz CT molecular complexity index is 131. The topological polar surface area (TPSA) is 0 Å². The second kappa shape index (κ2) is 3.19. The highest BCUT2D eigenvalue weighted by molar-refractivity contribution is 5.20. The number of halogens is 1. The van der Waals surface area contributed by atoms with Crippen molar-refractivity contribution in [3.63, 3.8) is 0 Å². The lowest BCUT2D eigenvalue weighted by Gasteiger charge is -1.83. The van der Waals surface area contributed by atoms with E-state index in [0.717, 1.165) is 6.08 Å². The maximum atomic E-state index is 12.1. The minimum Gasteiger partial charge on any atom is -0.207 e. The van der Waals surface area contributed by atoms with Crippen LogP contribution < -0.4 is 0 Å². The quantitative estimate of drug-likeness (QED) is 0.481. The van der Waals surface area contributed by atoms with Crippen molar-refractivity contribution in [2.45, 2.75) is 6.92 Å². The molecule has 0 amide bonds. The molecular formula is C7H9F. The first-order chi connectivity index (χ1) is 3.66. The molecule has 0 N–H and O–H groups in total. The van der Waals surface area contributed by atoms with E-state index in [1.165, 1.54) is 6.08 Å². The summed E-state index contributed by atoms with van der Waals surface area (Å²) in [5.41, 5.74) is 0.697. The molecule has 0 aromatic rings. The van der Waals surface area contributed by atoms with E-state index in [4.69, 9.17) is 0 Å². The van der Waals surface area contributed by atoms with Crippen LogP contribution in [0.3, 0.4) is 0 Å². The second-order valence-electron chi connectivity index (χ2n) is 1.58. The molecule has 0 saturated carbocycles. The highest BCUT2D eigenvalue weighted by Crippen LogP contribution is 2.00. The lowest BCUT2D eigenvalue weighted by atomic mass is 10.3. The molecule has 0 nitrogen and oxygen atoms in total. The van der Waals surface area contributed by atoms with Crippen LogP contribution in [0.2, 0.25) is 0 Å². The Morgan fingerprint density at radius 3 is 2.25 bits per heavy atom. The van der Waals surface area contributed by atoms with Gasteiger partial charge in [-0.1, -0.05) is 18.7 Å². The van der Waals surface area contributed by atoms with E-state index in [1.807, 2.05) is 0 Å². The molecule has 0 bridgehead atoms. The zero-order valence-corrected chi connectivity index (χ0v) is 4.95. The predicted octanol–water partition coefficient (Wildman–Crippen LogP) is 2.60. The monoisotopic (exact) mass is 112 g/mol. The summed E-state index contributed by atoms with van der Waals surface area (Å²) in [5, 5.41) is 0. The number of hydrogen-bond donors (Lipinski definition) is 0. The van der Waals surface area contributed by atoms with Crippen molar-refractivity contribution in [2.75, 3.05) is 0 Å². The fraction of sp³-hybridized carbons (Fsp3) is 0.143. The van der Waals surface area contributed by atoms with E-state index in [1.54, 1.807) is 6.92 Å². The third-order valence-corrected chi connectivity index (χ3v) is 0.579. The molecule has 44 valence electrons. The van der Waals surface area contributed by atoms with Gasteiger partial charge in [0.25, 0.3) is 0 Å². The van der Waals surface area contributed by atoms with E-state index in [9.17, 15) is 4.39 Å². The lowest BCUT2D eigenvalue weighted by Crippen LogP contribution is -1.64. The number of allylic oxidation sites excluding steroid dienone is 4. The van der Waals surface area contributed by atoms with Crippen molar-refractivity contribution in [1.29, 1.82) is 0 Å². The summed E-state index contributed by atoms with van der Waals surface area (Å²) in [5.74, 6) is -0.336. The minimum absolute atomic E-state index is 0.336. The van der Waals surface area contributed by atoms with Crippen LogP contribution in [-0.4, -0.2) is 0 Å². The molecule has 0 fully saturated rings. The summed E-state index contributed by atoms with van der Waals surface area (Å²) in [4.78, 5) is 0. The molecule has 0 saturated heterocycles. The molecule has 0 aromatic carbocycles. The zero-order chi connectivity index (χ0) is 6.57. The van der Waals surface area contributed by atoms with Crippen LogP contribution in [0, 0.1) is 0 Å². The van der Waals surface area contributed by atoms with Crippen molar-refractivity contribution in [3.8, 4) is 0 Å². The van der Waals surface area contributed by atoms with Gasteiger partial charge in [0.1, 0.15) is 5.83 Å². The molecule has 0 unspecified atom stereocenters. The molecule has 0 aromatic heterocycles. The maximum absolute atomic E-state index is 12.1. The van der Waals surface area contributed by atoms with Gasteiger partial charge in [-0.15, -0.1) is 0 Å². The fourth-order valence-electron chi connectivity index (χ4n) is 0.294. The second-order valence-corrected chi connectivity index (χ2v) is 1.58. The fourth-order valence-corrected chi connectivity index (χ4v) is 0.294. The summed E-state index contributed by atoms with van der Waals surface area (Å²) in [7, 11) is 0. The molecule has 1 heteroatoms. The number of hydrogen-bond acceptors (Lipinski definition) is 0. The third-order valence-electron chi connectivity index (χ3n) is 0.579. The zero-order valence-electron chi connectivity index (χ0n) is 4.95. The third kappa shape index (κ3) is 3.34. The van der Waals surface area contributed by atoms with Gasteiger partial charge in [-0.25, -0.2) is 4.39 Å². The first kappa shape index (κ1) is 7.15. The van der Waals surface area contributed by atoms with Gasteiger partial charge in [-0.05, 0) is 19.1 Å². The maximum Gasteiger partial charge on any atom is 0.122 e. The SMILES string of the molecule is C=C/C(F)=C\C(=C)C. The van der Waals surface area contributed by atoms with E-state index in [-0.39, 0.29) is 5.83 Å². The molecule has 0 radical (unpaired) electrons. The van der Waals surface area contributed by atoms with Crippen molar-refractivity contribution in [1.82, 2.24) is 0 Å². The van der Waals surface area contributed by atoms with E-state index in [0.29, 0.717) is 5.57 Å². The van der Waals surface area contributed by atoms with Gasteiger partial charge in [0.05, 0.1) is 0 Å². The van der Waals surface area contributed by atoms with Crippen LogP contribution in [0.5, 0.6) is 0 Å². The van der Waals surface area contributed by atoms with E-state index < -0.39 is 0 Å². The molecule has 0 spiro atoms. The van der Waals surface area contributed by atoms with E-state index >= 15 is 0 Å². The number of rotatable bonds is 2. The van der Waals surface area contributed by atoms with Gasteiger partial charge < -0.3 is 0 Å². The smallest absolute Gasteiger partial charge is 0.122 e. The summed E-state index contributed by atoms with van der Waals surface area (Å²) >= 11 is 0. The first-order valence-electron chi connectivity index (χ1n) is 2.32. The summed E-state index contributed by atoms with van der Waals surface area (Å²) < 4.78 is 12.1. The highest BCUT2D eigenvalue weighted by atomic mass is 19.1. The molecular weight excluding hydrogens is 103 g/mol. The average molecular weight is 112 g/mol. The molecule has 0 atom stereocenters. The van der Waals surface area contributed by atoms with Crippen LogP contribution in [0.1, 0.15) is 6.92 Å². The normalized spacial score (nSPS) is 11.0. The van der Waals surface area contributed by atoms with Gasteiger partial charge in [-0.2, -0.15) is 0 Å². The molecule has 0 aliphatic carbocycles. The summed E-state index contributed by atoms with van der Waals surface area (Å²) in [6, 6.07) is 0. The van der Waals surface area contributed by atoms with Gasteiger partial charge in [0.15, 0.2) is 0 Å². The molecule has 0 aliphatic rings. The Morgan fingerprint density at radius 2 is 2.12 bits per heavy atom.